The van der Waals surface area contributed by atoms with Gasteiger partial charge in [0.25, 0.3) is 0 Å². The second-order valence-electron chi connectivity index (χ2n) is 2.69. The molecule has 0 unspecified atom stereocenters. The van der Waals surface area contributed by atoms with Crippen LogP contribution in [0, 0.1) is 0 Å². The molecule has 0 aliphatic carbocycles. The van der Waals surface area contributed by atoms with E-state index in [4.69, 9.17) is 10.8 Å². The Hall–Kier alpha value is -0.870. The van der Waals surface area contributed by atoms with Crippen molar-refractivity contribution < 1.29 is 9.90 Å². The topological polar surface area (TPSA) is 63.3 Å². The van der Waals surface area contributed by atoms with Crippen molar-refractivity contribution >= 4 is 21.9 Å². The SMILES string of the molecule is N[C@H](C(=O)O)c1ccc(CBr)cc1. The van der Waals surface area contributed by atoms with Gasteiger partial charge in [-0.1, -0.05) is 40.2 Å². The summed E-state index contributed by atoms with van der Waals surface area (Å²) in [6.45, 7) is 0. The lowest BCUT2D eigenvalue weighted by Gasteiger charge is -2.06. The first kappa shape index (κ1) is 10.2. The molecule has 13 heavy (non-hydrogen) atoms. The summed E-state index contributed by atoms with van der Waals surface area (Å²) in [5.41, 5.74) is 7.14. The fourth-order valence-electron chi connectivity index (χ4n) is 0.957. The Bertz CT molecular complexity index is 297. The number of rotatable bonds is 3. The van der Waals surface area contributed by atoms with Crippen LogP contribution in [-0.2, 0) is 10.1 Å². The molecule has 4 heteroatoms. The minimum atomic E-state index is -1.01. The molecule has 3 nitrogen and oxygen atoms in total. The number of nitrogens with two attached hydrogens (primary N) is 1. The van der Waals surface area contributed by atoms with Crippen molar-refractivity contribution in [3.63, 3.8) is 0 Å². The summed E-state index contributed by atoms with van der Waals surface area (Å²) in [6.07, 6.45) is 0. The van der Waals surface area contributed by atoms with E-state index in [2.05, 4.69) is 15.9 Å². The summed E-state index contributed by atoms with van der Waals surface area (Å²) in [7, 11) is 0. The van der Waals surface area contributed by atoms with E-state index < -0.39 is 12.0 Å². The van der Waals surface area contributed by atoms with Crippen LogP contribution in [0.4, 0.5) is 0 Å². The first-order valence-electron chi connectivity index (χ1n) is 3.78. The number of alkyl halides is 1. The summed E-state index contributed by atoms with van der Waals surface area (Å²) in [4.78, 5) is 10.5. The largest absolute Gasteiger partial charge is 0.480 e. The van der Waals surface area contributed by atoms with E-state index in [1.54, 1.807) is 12.1 Å². The molecule has 70 valence electrons. The molecule has 3 N–H and O–H groups in total. The number of benzene rings is 1. The van der Waals surface area contributed by atoms with Gasteiger partial charge in [-0.25, -0.2) is 0 Å². The molecule has 0 saturated heterocycles. The van der Waals surface area contributed by atoms with Gasteiger partial charge in [0, 0.05) is 5.33 Å². The standard InChI is InChI=1S/C9H10BrNO2/c10-5-6-1-3-7(4-2-6)8(11)9(12)13/h1-4,8H,5,11H2,(H,12,13)/t8-/m0/s1. The zero-order valence-corrected chi connectivity index (χ0v) is 8.49. The summed E-state index contributed by atoms with van der Waals surface area (Å²) in [5.74, 6) is -1.01. The number of hydrogen-bond donors (Lipinski definition) is 2. The maximum Gasteiger partial charge on any atom is 0.325 e. The number of hydrogen-bond acceptors (Lipinski definition) is 2. The van der Waals surface area contributed by atoms with Crippen molar-refractivity contribution in [2.75, 3.05) is 0 Å². The summed E-state index contributed by atoms with van der Waals surface area (Å²) in [6, 6.07) is 6.24. The molecule has 0 spiro atoms. The van der Waals surface area contributed by atoms with Gasteiger partial charge in [-0.15, -0.1) is 0 Å². The van der Waals surface area contributed by atoms with Gasteiger partial charge in [0.1, 0.15) is 6.04 Å². The van der Waals surface area contributed by atoms with Crippen molar-refractivity contribution in [3.05, 3.63) is 35.4 Å². The number of carboxylic acids is 1. The van der Waals surface area contributed by atoms with E-state index in [-0.39, 0.29) is 0 Å². The smallest absolute Gasteiger partial charge is 0.325 e. The lowest BCUT2D eigenvalue weighted by Crippen LogP contribution is -2.20. The first-order valence-corrected chi connectivity index (χ1v) is 4.90. The Labute approximate surface area is 84.7 Å². The molecule has 0 fully saturated rings. The lowest BCUT2D eigenvalue weighted by atomic mass is 10.1. The highest BCUT2D eigenvalue weighted by Gasteiger charge is 2.13. The predicted molar refractivity (Wildman–Crippen MR) is 53.6 cm³/mol. The molecule has 1 atom stereocenters. The lowest BCUT2D eigenvalue weighted by molar-refractivity contribution is -0.138. The summed E-state index contributed by atoms with van der Waals surface area (Å²) >= 11 is 3.30. The van der Waals surface area contributed by atoms with Gasteiger partial charge < -0.3 is 10.8 Å². The predicted octanol–water partition coefficient (Wildman–Crippen LogP) is 1.67. The minimum absolute atomic E-state index is 0.622. The summed E-state index contributed by atoms with van der Waals surface area (Å²) in [5, 5.41) is 9.39. The quantitative estimate of drug-likeness (QED) is 0.795. The van der Waals surface area contributed by atoms with Crippen LogP contribution in [0.3, 0.4) is 0 Å². The van der Waals surface area contributed by atoms with Crippen LogP contribution in [0.1, 0.15) is 17.2 Å². The molecule has 0 aromatic heterocycles. The molecule has 0 aliphatic heterocycles. The van der Waals surface area contributed by atoms with E-state index >= 15 is 0 Å². The fraction of sp³-hybridized carbons (Fsp3) is 0.222. The Kier molecular flexibility index (Phi) is 3.45. The average molecular weight is 244 g/mol. The van der Waals surface area contributed by atoms with Crippen LogP contribution in [-0.4, -0.2) is 11.1 Å². The Morgan fingerprint density at radius 3 is 2.38 bits per heavy atom. The van der Waals surface area contributed by atoms with Crippen LogP contribution in [0.25, 0.3) is 0 Å². The minimum Gasteiger partial charge on any atom is -0.480 e. The first-order chi connectivity index (χ1) is 6.15. The molecular formula is C9H10BrNO2. The molecule has 0 amide bonds. The second-order valence-corrected chi connectivity index (χ2v) is 3.25. The summed E-state index contributed by atoms with van der Waals surface area (Å²) < 4.78 is 0. The normalized spacial score (nSPS) is 12.5. The van der Waals surface area contributed by atoms with Crippen LogP contribution in [0.5, 0.6) is 0 Å². The van der Waals surface area contributed by atoms with Crippen molar-refractivity contribution in [2.45, 2.75) is 11.4 Å². The highest BCUT2D eigenvalue weighted by atomic mass is 79.9. The van der Waals surface area contributed by atoms with Crippen molar-refractivity contribution in [3.8, 4) is 0 Å². The zero-order chi connectivity index (χ0) is 9.84. The van der Waals surface area contributed by atoms with E-state index in [9.17, 15) is 4.79 Å². The van der Waals surface area contributed by atoms with Gasteiger partial charge in [0.2, 0.25) is 0 Å². The van der Waals surface area contributed by atoms with Gasteiger partial charge >= 0.3 is 5.97 Å². The van der Waals surface area contributed by atoms with Crippen molar-refractivity contribution in [1.82, 2.24) is 0 Å². The third-order valence-corrected chi connectivity index (χ3v) is 2.41. The monoisotopic (exact) mass is 243 g/mol. The molecule has 1 rings (SSSR count). The molecule has 1 aromatic carbocycles. The third kappa shape index (κ3) is 2.54. The highest BCUT2D eigenvalue weighted by Crippen LogP contribution is 2.13. The van der Waals surface area contributed by atoms with E-state index in [0.717, 1.165) is 10.9 Å². The maximum atomic E-state index is 10.5. The Balaban J connectivity index is 2.85. The molecule has 0 aliphatic rings. The van der Waals surface area contributed by atoms with Crippen LogP contribution < -0.4 is 5.73 Å². The van der Waals surface area contributed by atoms with Gasteiger partial charge in [0.15, 0.2) is 0 Å². The highest BCUT2D eigenvalue weighted by molar-refractivity contribution is 9.08. The Morgan fingerprint density at radius 1 is 1.46 bits per heavy atom. The van der Waals surface area contributed by atoms with Crippen LogP contribution in [0.2, 0.25) is 0 Å². The maximum absolute atomic E-state index is 10.5. The molecular weight excluding hydrogens is 234 g/mol. The third-order valence-electron chi connectivity index (χ3n) is 1.76. The zero-order valence-electron chi connectivity index (χ0n) is 6.90. The molecule has 0 heterocycles. The van der Waals surface area contributed by atoms with Crippen LogP contribution >= 0.6 is 15.9 Å². The number of halogens is 1. The number of aliphatic carboxylic acids is 1. The molecule has 0 radical (unpaired) electrons. The fourth-order valence-corrected chi connectivity index (χ4v) is 1.33. The van der Waals surface area contributed by atoms with Gasteiger partial charge in [0.05, 0.1) is 0 Å². The Morgan fingerprint density at radius 2 is 2.00 bits per heavy atom. The van der Waals surface area contributed by atoms with Gasteiger partial charge in [-0.2, -0.15) is 0 Å². The number of carbonyl (C=O) groups is 1. The van der Waals surface area contributed by atoms with Crippen molar-refractivity contribution in [2.24, 2.45) is 5.73 Å². The second kappa shape index (κ2) is 4.39. The van der Waals surface area contributed by atoms with Gasteiger partial charge in [-0.05, 0) is 11.1 Å². The van der Waals surface area contributed by atoms with E-state index in [0.29, 0.717) is 5.56 Å². The number of carboxylic acid groups (broad SMARTS) is 1. The van der Waals surface area contributed by atoms with Gasteiger partial charge in [-0.3, -0.25) is 4.79 Å². The molecule has 0 saturated carbocycles. The molecule has 0 bridgehead atoms. The van der Waals surface area contributed by atoms with Crippen LogP contribution in [0.15, 0.2) is 24.3 Å². The van der Waals surface area contributed by atoms with E-state index in [1.165, 1.54) is 0 Å². The van der Waals surface area contributed by atoms with E-state index in [1.807, 2.05) is 12.1 Å². The van der Waals surface area contributed by atoms with Crippen molar-refractivity contribution in [1.29, 1.82) is 0 Å². The molecule has 1 aromatic rings. The average Bonchev–Trinajstić information content (AvgIpc) is 2.17.